The third-order valence-corrected chi connectivity index (χ3v) is 2.57. The Morgan fingerprint density at radius 3 is 2.61 bits per heavy atom. The van der Waals surface area contributed by atoms with Crippen LogP contribution in [0.15, 0.2) is 48.5 Å². The van der Waals surface area contributed by atoms with E-state index in [4.69, 9.17) is 4.74 Å². The first-order valence-electron chi connectivity index (χ1n) is 5.69. The Kier molecular flexibility index (Phi) is 3.88. The maximum Gasteiger partial charge on any atom is 0.120 e. The molecule has 2 aromatic rings. The Labute approximate surface area is 107 Å². The van der Waals surface area contributed by atoms with Gasteiger partial charge in [0.05, 0.1) is 7.11 Å². The minimum Gasteiger partial charge on any atom is -0.508 e. The highest BCUT2D eigenvalue weighted by Gasteiger charge is 2.01. The van der Waals surface area contributed by atoms with Crippen molar-refractivity contribution in [3.8, 4) is 23.3 Å². The van der Waals surface area contributed by atoms with Crippen molar-refractivity contribution in [3.05, 3.63) is 59.7 Å². The quantitative estimate of drug-likeness (QED) is 0.815. The molecule has 2 rings (SSSR count). The molecule has 0 bridgehead atoms. The molecule has 0 aliphatic carbocycles. The van der Waals surface area contributed by atoms with Gasteiger partial charge < -0.3 is 9.84 Å². The summed E-state index contributed by atoms with van der Waals surface area (Å²) in [6, 6.07) is 14.9. The molecule has 0 heterocycles. The molecule has 0 saturated heterocycles. The van der Waals surface area contributed by atoms with E-state index in [0.717, 1.165) is 16.9 Å². The topological polar surface area (TPSA) is 29.5 Å². The van der Waals surface area contributed by atoms with Crippen molar-refractivity contribution in [1.29, 1.82) is 0 Å². The maximum atomic E-state index is 9.70. The van der Waals surface area contributed by atoms with Gasteiger partial charge in [0, 0.05) is 17.5 Å². The molecule has 0 saturated carbocycles. The summed E-state index contributed by atoms with van der Waals surface area (Å²) in [5.41, 5.74) is 1.75. The van der Waals surface area contributed by atoms with Crippen LogP contribution in [-0.4, -0.2) is 12.2 Å². The fourth-order valence-electron chi connectivity index (χ4n) is 1.59. The molecule has 1 N–H and O–H groups in total. The van der Waals surface area contributed by atoms with E-state index in [1.54, 1.807) is 25.3 Å². The molecule has 2 nitrogen and oxygen atoms in total. The molecule has 0 amide bonds. The Balaban J connectivity index is 2.13. The van der Waals surface area contributed by atoms with Crippen LogP contribution in [0, 0.1) is 11.8 Å². The van der Waals surface area contributed by atoms with Gasteiger partial charge >= 0.3 is 0 Å². The Bertz CT molecular complexity index is 577. The average molecular weight is 238 g/mol. The van der Waals surface area contributed by atoms with E-state index in [-0.39, 0.29) is 5.75 Å². The van der Waals surface area contributed by atoms with Crippen molar-refractivity contribution in [2.75, 3.05) is 7.11 Å². The zero-order valence-corrected chi connectivity index (χ0v) is 10.2. The second kappa shape index (κ2) is 5.79. The Morgan fingerprint density at radius 1 is 1.11 bits per heavy atom. The predicted octanol–water partition coefficient (Wildman–Crippen LogP) is 3.00. The summed E-state index contributed by atoms with van der Waals surface area (Å²) in [4.78, 5) is 0. The Morgan fingerprint density at radius 2 is 1.89 bits per heavy atom. The summed E-state index contributed by atoms with van der Waals surface area (Å²) in [6.45, 7) is 0. The molecule has 0 atom stereocenters. The second-order valence-corrected chi connectivity index (χ2v) is 3.84. The van der Waals surface area contributed by atoms with E-state index in [1.165, 1.54) is 0 Å². The van der Waals surface area contributed by atoms with Gasteiger partial charge in [-0.05, 0) is 30.3 Å². The van der Waals surface area contributed by atoms with Crippen molar-refractivity contribution >= 4 is 0 Å². The van der Waals surface area contributed by atoms with Crippen LogP contribution in [-0.2, 0) is 6.42 Å². The van der Waals surface area contributed by atoms with Crippen molar-refractivity contribution in [1.82, 2.24) is 0 Å². The number of methoxy groups -OCH3 is 1. The van der Waals surface area contributed by atoms with Gasteiger partial charge in [0.1, 0.15) is 11.5 Å². The fraction of sp³-hybridized carbons (Fsp3) is 0.125. The molecule has 0 aromatic heterocycles. The molecule has 0 aliphatic rings. The first-order chi connectivity index (χ1) is 8.79. The molecule has 0 spiro atoms. The van der Waals surface area contributed by atoms with Gasteiger partial charge in [0.2, 0.25) is 0 Å². The maximum absolute atomic E-state index is 9.70. The summed E-state index contributed by atoms with van der Waals surface area (Å²) >= 11 is 0. The molecule has 0 fully saturated rings. The lowest BCUT2D eigenvalue weighted by molar-refractivity contribution is 0.411. The van der Waals surface area contributed by atoms with Crippen LogP contribution in [0.2, 0.25) is 0 Å². The normalized spacial score (nSPS) is 9.39. The fourth-order valence-corrected chi connectivity index (χ4v) is 1.59. The van der Waals surface area contributed by atoms with Crippen LogP contribution in [0.3, 0.4) is 0 Å². The lowest BCUT2D eigenvalue weighted by atomic mass is 10.1. The van der Waals surface area contributed by atoms with Gasteiger partial charge in [-0.25, -0.2) is 0 Å². The van der Waals surface area contributed by atoms with Crippen LogP contribution >= 0.6 is 0 Å². The van der Waals surface area contributed by atoms with E-state index in [9.17, 15) is 5.11 Å². The number of benzene rings is 2. The molecule has 2 heteroatoms. The summed E-state index contributed by atoms with van der Waals surface area (Å²) in [6.07, 6.45) is 0.498. The minimum absolute atomic E-state index is 0.248. The van der Waals surface area contributed by atoms with Crippen LogP contribution < -0.4 is 4.74 Å². The number of hydrogen-bond donors (Lipinski definition) is 1. The zero-order chi connectivity index (χ0) is 12.8. The highest BCUT2D eigenvalue weighted by molar-refractivity contribution is 5.42. The van der Waals surface area contributed by atoms with Crippen molar-refractivity contribution in [2.24, 2.45) is 0 Å². The van der Waals surface area contributed by atoms with Gasteiger partial charge in [-0.3, -0.25) is 0 Å². The largest absolute Gasteiger partial charge is 0.508 e. The van der Waals surface area contributed by atoms with Gasteiger partial charge in [-0.2, -0.15) is 0 Å². The lowest BCUT2D eigenvalue weighted by Gasteiger charge is -2.03. The van der Waals surface area contributed by atoms with E-state index >= 15 is 0 Å². The first-order valence-corrected chi connectivity index (χ1v) is 5.69. The van der Waals surface area contributed by atoms with Crippen LogP contribution in [0.5, 0.6) is 11.5 Å². The third-order valence-electron chi connectivity index (χ3n) is 2.57. The number of phenolic OH excluding ortho intramolecular Hbond substituents is 1. The van der Waals surface area contributed by atoms with Crippen LogP contribution in [0.4, 0.5) is 0 Å². The van der Waals surface area contributed by atoms with E-state index in [2.05, 4.69) is 11.8 Å². The highest BCUT2D eigenvalue weighted by atomic mass is 16.5. The average Bonchev–Trinajstić information content (AvgIpc) is 2.42. The lowest BCUT2D eigenvalue weighted by Crippen LogP contribution is -1.87. The summed E-state index contributed by atoms with van der Waals surface area (Å²) in [5, 5.41) is 9.70. The van der Waals surface area contributed by atoms with Crippen LogP contribution in [0.25, 0.3) is 0 Å². The van der Waals surface area contributed by atoms with Crippen molar-refractivity contribution in [2.45, 2.75) is 6.42 Å². The SMILES string of the molecule is COc1ccc(O)c(CC#Cc2ccccc2)c1. The number of aromatic hydroxyl groups is 1. The molecule has 90 valence electrons. The molecule has 2 aromatic carbocycles. The van der Waals surface area contributed by atoms with Crippen LogP contribution in [0.1, 0.15) is 11.1 Å². The van der Waals surface area contributed by atoms with Gasteiger partial charge in [-0.15, -0.1) is 0 Å². The molecule has 0 aliphatic heterocycles. The minimum atomic E-state index is 0.248. The molecule has 18 heavy (non-hydrogen) atoms. The molecular formula is C16H14O2. The standard InChI is InChI=1S/C16H14O2/c1-18-15-10-11-16(17)14(12-15)9-5-8-13-6-3-2-4-7-13/h2-4,6-7,10-12,17H,9H2,1H3. The number of ether oxygens (including phenoxy) is 1. The predicted molar refractivity (Wildman–Crippen MR) is 71.7 cm³/mol. The number of rotatable bonds is 2. The second-order valence-electron chi connectivity index (χ2n) is 3.84. The smallest absolute Gasteiger partial charge is 0.120 e. The molecule has 0 unspecified atom stereocenters. The third kappa shape index (κ3) is 3.05. The monoisotopic (exact) mass is 238 g/mol. The molecular weight excluding hydrogens is 224 g/mol. The number of phenols is 1. The van der Waals surface area contributed by atoms with Gasteiger partial charge in [0.15, 0.2) is 0 Å². The highest BCUT2D eigenvalue weighted by Crippen LogP contribution is 2.22. The van der Waals surface area contributed by atoms with Crippen molar-refractivity contribution in [3.63, 3.8) is 0 Å². The Hall–Kier alpha value is -2.40. The van der Waals surface area contributed by atoms with E-state index in [0.29, 0.717) is 6.42 Å². The van der Waals surface area contributed by atoms with Gasteiger partial charge in [0.25, 0.3) is 0 Å². The van der Waals surface area contributed by atoms with E-state index in [1.807, 2.05) is 30.3 Å². The molecule has 0 radical (unpaired) electrons. The summed E-state index contributed by atoms with van der Waals surface area (Å²) < 4.78 is 5.12. The summed E-state index contributed by atoms with van der Waals surface area (Å²) in [5.74, 6) is 7.07. The zero-order valence-electron chi connectivity index (χ0n) is 10.2. The van der Waals surface area contributed by atoms with E-state index < -0.39 is 0 Å². The van der Waals surface area contributed by atoms with Crippen molar-refractivity contribution < 1.29 is 9.84 Å². The summed E-state index contributed by atoms with van der Waals surface area (Å²) in [7, 11) is 1.60. The first kappa shape index (κ1) is 12.1. The van der Waals surface area contributed by atoms with Gasteiger partial charge in [-0.1, -0.05) is 30.0 Å². The number of hydrogen-bond acceptors (Lipinski definition) is 2.